The maximum Gasteiger partial charge on any atom is 0.0208 e. The Morgan fingerprint density at radius 2 is 1.65 bits per heavy atom. The van der Waals surface area contributed by atoms with Crippen molar-refractivity contribution in [3.8, 4) is 0 Å². The van der Waals surface area contributed by atoms with Crippen molar-refractivity contribution < 1.29 is 0 Å². The fourth-order valence-corrected chi connectivity index (χ4v) is 3.03. The van der Waals surface area contributed by atoms with E-state index in [4.69, 9.17) is 0 Å². The highest BCUT2D eigenvalue weighted by Crippen LogP contribution is 2.21. The van der Waals surface area contributed by atoms with Crippen LogP contribution in [0.4, 0.5) is 0 Å². The fraction of sp³-hybridized carbons (Fsp3) is 0.368. The molecule has 2 aromatic carbocycles. The Labute approximate surface area is 122 Å². The van der Waals surface area contributed by atoms with Crippen molar-refractivity contribution in [2.75, 3.05) is 0 Å². The number of aryl methyl sites for hydroxylation is 2. The summed E-state index contributed by atoms with van der Waals surface area (Å²) >= 11 is 0. The summed E-state index contributed by atoms with van der Waals surface area (Å²) in [6, 6.07) is 18.5. The Kier molecular flexibility index (Phi) is 4.17. The zero-order valence-electron chi connectivity index (χ0n) is 12.2. The minimum absolute atomic E-state index is 0.621. The van der Waals surface area contributed by atoms with Gasteiger partial charge < -0.3 is 5.32 Å². The fourth-order valence-electron chi connectivity index (χ4n) is 3.03. The predicted molar refractivity (Wildman–Crippen MR) is 84.9 cm³/mol. The van der Waals surface area contributed by atoms with Gasteiger partial charge in [-0.25, -0.2) is 0 Å². The van der Waals surface area contributed by atoms with Gasteiger partial charge in [0.25, 0.3) is 0 Å². The molecule has 0 amide bonds. The second-order valence-corrected chi connectivity index (χ2v) is 5.76. The summed E-state index contributed by atoms with van der Waals surface area (Å²) in [4.78, 5) is 0. The molecule has 0 bridgehead atoms. The van der Waals surface area contributed by atoms with Gasteiger partial charge in [-0.2, -0.15) is 0 Å². The van der Waals surface area contributed by atoms with Crippen LogP contribution in [0.15, 0.2) is 48.5 Å². The molecular formula is C19H23N. The van der Waals surface area contributed by atoms with Crippen LogP contribution in [-0.2, 0) is 25.8 Å². The number of benzene rings is 2. The second kappa shape index (κ2) is 6.23. The van der Waals surface area contributed by atoms with Gasteiger partial charge in [0.2, 0.25) is 0 Å². The maximum absolute atomic E-state index is 3.72. The molecule has 1 aliphatic rings. The SMILES string of the molecule is CCc1ccc(CNC2CCc3ccccc3C2)cc1. The van der Waals surface area contributed by atoms with Crippen LogP contribution in [0.1, 0.15) is 35.6 Å². The van der Waals surface area contributed by atoms with Gasteiger partial charge in [-0.05, 0) is 47.9 Å². The van der Waals surface area contributed by atoms with Crippen LogP contribution in [0, 0.1) is 0 Å². The van der Waals surface area contributed by atoms with Crippen LogP contribution in [0.2, 0.25) is 0 Å². The Balaban J connectivity index is 1.57. The predicted octanol–water partition coefficient (Wildman–Crippen LogP) is 3.90. The van der Waals surface area contributed by atoms with Crippen LogP contribution < -0.4 is 5.32 Å². The molecule has 1 heteroatoms. The van der Waals surface area contributed by atoms with Crippen molar-refractivity contribution in [3.05, 3.63) is 70.8 Å². The molecule has 1 aliphatic carbocycles. The molecule has 1 atom stereocenters. The molecule has 2 aromatic rings. The van der Waals surface area contributed by atoms with Gasteiger partial charge in [0.15, 0.2) is 0 Å². The third-order valence-corrected chi connectivity index (χ3v) is 4.37. The molecule has 0 spiro atoms. The lowest BCUT2D eigenvalue weighted by atomic mass is 9.88. The molecule has 104 valence electrons. The molecule has 0 aliphatic heterocycles. The molecule has 0 fully saturated rings. The average Bonchev–Trinajstić information content (AvgIpc) is 2.53. The molecule has 0 heterocycles. The number of hydrogen-bond donors (Lipinski definition) is 1. The summed E-state index contributed by atoms with van der Waals surface area (Å²) < 4.78 is 0. The topological polar surface area (TPSA) is 12.0 Å². The Morgan fingerprint density at radius 3 is 2.40 bits per heavy atom. The van der Waals surface area contributed by atoms with E-state index in [2.05, 4.69) is 60.8 Å². The van der Waals surface area contributed by atoms with Crippen LogP contribution in [0.3, 0.4) is 0 Å². The second-order valence-electron chi connectivity index (χ2n) is 5.76. The van der Waals surface area contributed by atoms with E-state index >= 15 is 0 Å². The Morgan fingerprint density at radius 1 is 0.950 bits per heavy atom. The van der Waals surface area contributed by atoms with Crippen LogP contribution in [-0.4, -0.2) is 6.04 Å². The minimum atomic E-state index is 0.621. The van der Waals surface area contributed by atoms with Crippen molar-refractivity contribution in [1.82, 2.24) is 5.32 Å². The van der Waals surface area contributed by atoms with E-state index in [0.29, 0.717) is 6.04 Å². The lowest BCUT2D eigenvalue weighted by Gasteiger charge is -2.25. The molecule has 1 N–H and O–H groups in total. The van der Waals surface area contributed by atoms with Crippen molar-refractivity contribution in [2.45, 2.75) is 45.2 Å². The highest BCUT2D eigenvalue weighted by atomic mass is 14.9. The standard InChI is InChI=1S/C19H23N/c1-2-15-7-9-16(10-8-15)14-20-19-12-11-17-5-3-4-6-18(17)13-19/h3-10,19-20H,2,11-14H2,1H3. The van der Waals surface area contributed by atoms with Gasteiger partial charge in [0, 0.05) is 12.6 Å². The lowest BCUT2D eigenvalue weighted by Crippen LogP contribution is -2.34. The van der Waals surface area contributed by atoms with Crippen molar-refractivity contribution in [2.24, 2.45) is 0 Å². The molecule has 0 saturated carbocycles. The largest absolute Gasteiger partial charge is 0.310 e. The first-order chi connectivity index (χ1) is 9.85. The van der Waals surface area contributed by atoms with Crippen molar-refractivity contribution >= 4 is 0 Å². The Hall–Kier alpha value is -1.60. The third-order valence-electron chi connectivity index (χ3n) is 4.37. The summed E-state index contributed by atoms with van der Waals surface area (Å²) in [5.41, 5.74) is 5.87. The van der Waals surface area contributed by atoms with Crippen LogP contribution >= 0.6 is 0 Å². The third kappa shape index (κ3) is 3.10. The zero-order chi connectivity index (χ0) is 13.8. The molecule has 1 nitrogen and oxygen atoms in total. The summed E-state index contributed by atoms with van der Waals surface area (Å²) in [6.45, 7) is 3.18. The summed E-state index contributed by atoms with van der Waals surface area (Å²) in [7, 11) is 0. The summed E-state index contributed by atoms with van der Waals surface area (Å²) in [6.07, 6.45) is 4.75. The minimum Gasteiger partial charge on any atom is -0.310 e. The van der Waals surface area contributed by atoms with Gasteiger partial charge in [-0.3, -0.25) is 0 Å². The monoisotopic (exact) mass is 265 g/mol. The molecule has 0 radical (unpaired) electrons. The molecule has 3 rings (SSSR count). The van der Waals surface area contributed by atoms with Gasteiger partial charge in [-0.15, -0.1) is 0 Å². The van der Waals surface area contributed by atoms with E-state index in [9.17, 15) is 0 Å². The number of nitrogens with one attached hydrogen (secondary N) is 1. The number of fused-ring (bicyclic) bond motifs is 1. The van der Waals surface area contributed by atoms with E-state index in [0.717, 1.165) is 13.0 Å². The van der Waals surface area contributed by atoms with Crippen molar-refractivity contribution in [1.29, 1.82) is 0 Å². The first-order valence-electron chi connectivity index (χ1n) is 7.73. The van der Waals surface area contributed by atoms with E-state index in [1.807, 2.05) is 0 Å². The van der Waals surface area contributed by atoms with E-state index in [-0.39, 0.29) is 0 Å². The summed E-state index contributed by atoms with van der Waals surface area (Å²) in [5, 5.41) is 3.72. The molecule has 20 heavy (non-hydrogen) atoms. The maximum atomic E-state index is 3.72. The van der Waals surface area contributed by atoms with Gasteiger partial charge >= 0.3 is 0 Å². The molecule has 1 unspecified atom stereocenters. The molecular weight excluding hydrogens is 242 g/mol. The molecule has 0 saturated heterocycles. The first-order valence-corrected chi connectivity index (χ1v) is 7.73. The highest BCUT2D eigenvalue weighted by Gasteiger charge is 2.17. The van der Waals surface area contributed by atoms with E-state index in [1.165, 1.54) is 41.5 Å². The van der Waals surface area contributed by atoms with Gasteiger partial charge in [-0.1, -0.05) is 55.5 Å². The molecule has 0 aromatic heterocycles. The lowest BCUT2D eigenvalue weighted by molar-refractivity contribution is 0.457. The quantitative estimate of drug-likeness (QED) is 0.884. The normalized spacial score (nSPS) is 17.8. The smallest absolute Gasteiger partial charge is 0.0208 e. The van der Waals surface area contributed by atoms with Gasteiger partial charge in [0.1, 0.15) is 0 Å². The van der Waals surface area contributed by atoms with Gasteiger partial charge in [0.05, 0.1) is 0 Å². The van der Waals surface area contributed by atoms with Crippen LogP contribution in [0.5, 0.6) is 0 Å². The van der Waals surface area contributed by atoms with E-state index in [1.54, 1.807) is 0 Å². The van der Waals surface area contributed by atoms with Crippen molar-refractivity contribution in [3.63, 3.8) is 0 Å². The average molecular weight is 265 g/mol. The first kappa shape index (κ1) is 13.4. The summed E-state index contributed by atoms with van der Waals surface area (Å²) in [5.74, 6) is 0. The van der Waals surface area contributed by atoms with E-state index < -0.39 is 0 Å². The number of rotatable bonds is 4. The zero-order valence-corrected chi connectivity index (χ0v) is 12.2. The number of hydrogen-bond acceptors (Lipinski definition) is 1. The van der Waals surface area contributed by atoms with Crippen LogP contribution in [0.25, 0.3) is 0 Å². The highest BCUT2D eigenvalue weighted by molar-refractivity contribution is 5.30. The Bertz CT molecular complexity index is 556.